The first-order valence-corrected chi connectivity index (χ1v) is 8.07. The maximum atomic E-state index is 12.4. The molecule has 2 aromatic carbocycles. The first-order valence-electron chi connectivity index (χ1n) is 8.07. The molecule has 0 unspecified atom stereocenters. The largest absolute Gasteiger partial charge is 0.494 e. The van der Waals surface area contributed by atoms with Crippen LogP contribution in [0.2, 0.25) is 0 Å². The fraction of sp³-hybridized carbons (Fsp3) is 0.300. The molecule has 2 rings (SSSR count). The molecule has 0 fully saturated rings. The molecule has 3 nitrogen and oxygen atoms in total. The summed E-state index contributed by atoms with van der Waals surface area (Å²) in [6, 6.07) is 13.8. The SMILES string of the molecule is CCCCCCOc1ccc(C(=O)c2ccc(C=O)cc2)cc1. The van der Waals surface area contributed by atoms with Crippen LogP contribution in [0.5, 0.6) is 5.75 Å². The Labute approximate surface area is 137 Å². The highest BCUT2D eigenvalue weighted by Crippen LogP contribution is 2.16. The lowest BCUT2D eigenvalue weighted by molar-refractivity contribution is 0.103. The lowest BCUT2D eigenvalue weighted by atomic mass is 10.0. The maximum absolute atomic E-state index is 12.4. The summed E-state index contributed by atoms with van der Waals surface area (Å²) in [6.45, 7) is 2.89. The normalized spacial score (nSPS) is 10.3. The molecule has 0 saturated carbocycles. The zero-order chi connectivity index (χ0) is 16.5. The first kappa shape index (κ1) is 16.9. The second-order valence-electron chi connectivity index (χ2n) is 5.50. The summed E-state index contributed by atoms with van der Waals surface area (Å²) in [5.41, 5.74) is 1.75. The molecule has 0 heterocycles. The topological polar surface area (TPSA) is 43.4 Å². The van der Waals surface area contributed by atoms with E-state index in [2.05, 4.69) is 6.92 Å². The van der Waals surface area contributed by atoms with Gasteiger partial charge in [0.25, 0.3) is 0 Å². The van der Waals surface area contributed by atoms with Gasteiger partial charge in [0.15, 0.2) is 5.78 Å². The fourth-order valence-corrected chi connectivity index (χ4v) is 2.30. The van der Waals surface area contributed by atoms with Crippen LogP contribution in [-0.4, -0.2) is 18.7 Å². The molecule has 0 radical (unpaired) electrons. The van der Waals surface area contributed by atoms with E-state index in [4.69, 9.17) is 4.74 Å². The number of hydrogen-bond acceptors (Lipinski definition) is 3. The summed E-state index contributed by atoms with van der Waals surface area (Å²) in [5.74, 6) is 0.728. The van der Waals surface area contributed by atoms with Crippen molar-refractivity contribution in [2.75, 3.05) is 6.61 Å². The standard InChI is InChI=1S/C20H22O3/c1-2-3-4-5-14-23-19-12-10-18(11-13-19)20(22)17-8-6-16(15-21)7-9-17/h6-13,15H,2-5,14H2,1H3. The number of carbonyl (C=O) groups is 2. The van der Waals surface area contributed by atoms with E-state index in [1.807, 2.05) is 12.1 Å². The van der Waals surface area contributed by atoms with E-state index in [1.54, 1.807) is 36.4 Å². The number of unbranched alkanes of at least 4 members (excludes halogenated alkanes) is 3. The minimum Gasteiger partial charge on any atom is -0.494 e. The summed E-state index contributed by atoms with van der Waals surface area (Å²) < 4.78 is 5.67. The summed E-state index contributed by atoms with van der Waals surface area (Å²) in [6.07, 6.45) is 5.45. The zero-order valence-electron chi connectivity index (χ0n) is 13.5. The van der Waals surface area contributed by atoms with E-state index in [-0.39, 0.29) is 5.78 Å². The monoisotopic (exact) mass is 310 g/mol. The predicted octanol–water partition coefficient (Wildman–Crippen LogP) is 4.69. The van der Waals surface area contributed by atoms with Crippen LogP contribution < -0.4 is 4.74 Å². The third-order valence-electron chi connectivity index (χ3n) is 3.69. The molecule has 0 aliphatic heterocycles. The molecule has 0 bridgehead atoms. The Bertz CT molecular complexity index is 627. The molecule has 0 spiro atoms. The molecule has 0 aliphatic rings. The Morgan fingerprint density at radius 2 is 1.52 bits per heavy atom. The van der Waals surface area contributed by atoms with Crippen molar-refractivity contribution in [1.82, 2.24) is 0 Å². The third kappa shape index (κ3) is 5.06. The lowest BCUT2D eigenvalue weighted by Gasteiger charge is -2.07. The van der Waals surface area contributed by atoms with Crippen molar-refractivity contribution < 1.29 is 14.3 Å². The number of carbonyl (C=O) groups excluding carboxylic acids is 2. The number of aldehydes is 1. The van der Waals surface area contributed by atoms with Crippen LogP contribution in [0.4, 0.5) is 0 Å². The molecular weight excluding hydrogens is 288 g/mol. The minimum atomic E-state index is -0.0584. The number of hydrogen-bond donors (Lipinski definition) is 0. The molecule has 0 aromatic heterocycles. The van der Waals surface area contributed by atoms with Gasteiger partial charge in [-0.05, 0) is 30.7 Å². The Hall–Kier alpha value is -2.42. The van der Waals surface area contributed by atoms with Crippen LogP contribution in [0, 0.1) is 0 Å². The highest BCUT2D eigenvalue weighted by molar-refractivity contribution is 6.09. The average Bonchev–Trinajstić information content (AvgIpc) is 2.61. The lowest BCUT2D eigenvalue weighted by Crippen LogP contribution is -2.02. The quantitative estimate of drug-likeness (QED) is 0.383. The highest BCUT2D eigenvalue weighted by atomic mass is 16.5. The summed E-state index contributed by atoms with van der Waals surface area (Å²) in [4.78, 5) is 23.0. The Morgan fingerprint density at radius 1 is 0.913 bits per heavy atom. The Morgan fingerprint density at radius 3 is 2.09 bits per heavy atom. The predicted molar refractivity (Wildman–Crippen MR) is 91.3 cm³/mol. The fourth-order valence-electron chi connectivity index (χ4n) is 2.30. The average molecular weight is 310 g/mol. The Balaban J connectivity index is 1.92. The van der Waals surface area contributed by atoms with Gasteiger partial charge in [0.05, 0.1) is 6.61 Å². The number of benzene rings is 2. The smallest absolute Gasteiger partial charge is 0.193 e. The van der Waals surface area contributed by atoms with Gasteiger partial charge in [0, 0.05) is 16.7 Å². The van der Waals surface area contributed by atoms with Gasteiger partial charge in [-0.2, -0.15) is 0 Å². The maximum Gasteiger partial charge on any atom is 0.193 e. The third-order valence-corrected chi connectivity index (χ3v) is 3.69. The minimum absolute atomic E-state index is 0.0584. The molecular formula is C20H22O3. The zero-order valence-corrected chi connectivity index (χ0v) is 13.5. The molecule has 0 N–H and O–H groups in total. The van der Waals surface area contributed by atoms with E-state index in [1.165, 1.54) is 19.3 Å². The number of ether oxygens (including phenoxy) is 1. The van der Waals surface area contributed by atoms with Crippen LogP contribution in [0.3, 0.4) is 0 Å². The molecule has 0 amide bonds. The van der Waals surface area contributed by atoms with Gasteiger partial charge in [0.1, 0.15) is 12.0 Å². The van der Waals surface area contributed by atoms with E-state index >= 15 is 0 Å². The second-order valence-corrected chi connectivity index (χ2v) is 5.50. The molecule has 0 atom stereocenters. The summed E-state index contributed by atoms with van der Waals surface area (Å²) >= 11 is 0. The van der Waals surface area contributed by atoms with Crippen molar-refractivity contribution >= 4 is 12.1 Å². The summed E-state index contributed by atoms with van der Waals surface area (Å²) in [7, 11) is 0. The van der Waals surface area contributed by atoms with Crippen molar-refractivity contribution in [3.8, 4) is 5.75 Å². The molecule has 0 aliphatic carbocycles. The van der Waals surface area contributed by atoms with E-state index in [0.29, 0.717) is 23.3 Å². The van der Waals surface area contributed by atoms with Gasteiger partial charge in [0.2, 0.25) is 0 Å². The van der Waals surface area contributed by atoms with Gasteiger partial charge in [-0.15, -0.1) is 0 Å². The van der Waals surface area contributed by atoms with Crippen molar-refractivity contribution in [3.05, 3.63) is 65.2 Å². The van der Waals surface area contributed by atoms with E-state index in [0.717, 1.165) is 18.5 Å². The van der Waals surface area contributed by atoms with Crippen LogP contribution >= 0.6 is 0 Å². The molecule has 23 heavy (non-hydrogen) atoms. The van der Waals surface area contributed by atoms with Crippen LogP contribution in [0.15, 0.2) is 48.5 Å². The molecule has 2 aromatic rings. The van der Waals surface area contributed by atoms with Crippen molar-refractivity contribution in [3.63, 3.8) is 0 Å². The van der Waals surface area contributed by atoms with Crippen LogP contribution in [0.25, 0.3) is 0 Å². The van der Waals surface area contributed by atoms with Crippen molar-refractivity contribution in [2.24, 2.45) is 0 Å². The molecule has 120 valence electrons. The van der Waals surface area contributed by atoms with Crippen LogP contribution in [-0.2, 0) is 0 Å². The number of rotatable bonds is 9. The van der Waals surface area contributed by atoms with Gasteiger partial charge < -0.3 is 4.74 Å². The van der Waals surface area contributed by atoms with Gasteiger partial charge in [-0.25, -0.2) is 0 Å². The summed E-state index contributed by atoms with van der Waals surface area (Å²) in [5, 5.41) is 0. The molecule has 0 saturated heterocycles. The highest BCUT2D eigenvalue weighted by Gasteiger charge is 2.09. The van der Waals surface area contributed by atoms with Crippen molar-refractivity contribution in [2.45, 2.75) is 32.6 Å². The van der Waals surface area contributed by atoms with Gasteiger partial charge in [-0.3, -0.25) is 9.59 Å². The first-order chi connectivity index (χ1) is 11.2. The van der Waals surface area contributed by atoms with Crippen molar-refractivity contribution in [1.29, 1.82) is 0 Å². The molecule has 3 heteroatoms. The van der Waals surface area contributed by atoms with Gasteiger partial charge >= 0.3 is 0 Å². The second kappa shape index (κ2) is 8.89. The van der Waals surface area contributed by atoms with Gasteiger partial charge in [-0.1, -0.05) is 50.5 Å². The Kier molecular flexibility index (Phi) is 6.55. The van der Waals surface area contributed by atoms with E-state index < -0.39 is 0 Å². The van der Waals surface area contributed by atoms with Crippen LogP contribution in [0.1, 0.15) is 58.9 Å². The van der Waals surface area contributed by atoms with E-state index in [9.17, 15) is 9.59 Å². The number of ketones is 1.